The normalized spacial score (nSPS) is 38.8. The van der Waals surface area contributed by atoms with Crippen molar-refractivity contribution in [2.24, 2.45) is 5.16 Å². The van der Waals surface area contributed by atoms with Crippen LogP contribution in [-0.2, 0) is 9.57 Å². The van der Waals surface area contributed by atoms with Crippen LogP contribution in [0.5, 0.6) is 0 Å². The molecule has 0 amide bonds. The molecule has 5 heteroatoms. The van der Waals surface area contributed by atoms with E-state index in [4.69, 9.17) is 14.7 Å². The first kappa shape index (κ1) is 9.03. The summed E-state index contributed by atoms with van der Waals surface area (Å²) in [5, 5.41) is 12.8. The minimum atomic E-state index is -0.382. The van der Waals surface area contributed by atoms with Crippen LogP contribution >= 0.6 is 0 Å². The van der Waals surface area contributed by atoms with Crippen molar-refractivity contribution in [2.75, 3.05) is 13.2 Å². The number of morpholine rings is 1. The van der Waals surface area contributed by atoms with Crippen LogP contribution in [0.25, 0.3) is 0 Å². The summed E-state index contributed by atoms with van der Waals surface area (Å²) in [6, 6.07) is 0. The third-order valence-corrected chi connectivity index (χ3v) is 3.39. The highest BCUT2D eigenvalue weighted by Crippen LogP contribution is 2.43. The summed E-state index contributed by atoms with van der Waals surface area (Å²) in [5.74, 6) is 0.702. The van der Waals surface area contributed by atoms with Crippen molar-refractivity contribution in [1.82, 2.24) is 4.90 Å². The van der Waals surface area contributed by atoms with E-state index in [0.717, 1.165) is 32.1 Å². The van der Waals surface area contributed by atoms with Crippen molar-refractivity contribution in [3.63, 3.8) is 0 Å². The first-order valence-corrected chi connectivity index (χ1v) is 5.33. The van der Waals surface area contributed by atoms with Crippen molar-refractivity contribution >= 4 is 5.84 Å². The number of rotatable bonds is 1. The molecule has 1 N–H and O–H groups in total. The molecule has 2 heterocycles. The van der Waals surface area contributed by atoms with Gasteiger partial charge in [-0.15, -0.1) is 0 Å². The number of oxime groups is 1. The topological polar surface area (TPSA) is 54.3 Å². The largest absolute Gasteiger partial charge is 0.515 e. The van der Waals surface area contributed by atoms with Gasteiger partial charge in [0, 0.05) is 19.0 Å². The molecule has 0 aromatic rings. The Bertz CT molecular complexity index is 329. The van der Waals surface area contributed by atoms with Crippen LogP contribution in [-0.4, -0.2) is 40.8 Å². The number of hydrogen-bond donors (Lipinski definition) is 1. The molecule has 3 aliphatic rings. The lowest BCUT2D eigenvalue weighted by Gasteiger charge is -2.41. The van der Waals surface area contributed by atoms with Crippen LogP contribution in [0, 0.1) is 0 Å². The van der Waals surface area contributed by atoms with E-state index in [1.165, 1.54) is 0 Å². The van der Waals surface area contributed by atoms with Crippen molar-refractivity contribution in [3.8, 4) is 0 Å². The fourth-order valence-corrected chi connectivity index (χ4v) is 2.75. The second-order valence-electron chi connectivity index (χ2n) is 4.10. The minimum Gasteiger partial charge on any atom is -0.515 e. The molecule has 0 aromatic heterocycles. The Labute approximate surface area is 87.9 Å². The highest BCUT2D eigenvalue weighted by Gasteiger charge is 2.57. The highest BCUT2D eigenvalue weighted by atomic mass is 16.7. The predicted molar refractivity (Wildman–Crippen MR) is 53.3 cm³/mol. The average Bonchev–Trinajstić information content (AvgIpc) is 2.81. The fraction of sp³-hybridized carbons (Fsp3) is 0.700. The fourth-order valence-electron chi connectivity index (χ4n) is 2.75. The van der Waals surface area contributed by atoms with Crippen LogP contribution < -0.4 is 0 Å². The quantitative estimate of drug-likeness (QED) is 0.655. The molecular weight excluding hydrogens is 196 g/mol. The van der Waals surface area contributed by atoms with Gasteiger partial charge >= 0.3 is 0 Å². The van der Waals surface area contributed by atoms with Crippen molar-refractivity contribution in [2.45, 2.75) is 31.1 Å². The van der Waals surface area contributed by atoms with Gasteiger partial charge in [0.1, 0.15) is 6.10 Å². The maximum absolute atomic E-state index is 8.78. The summed E-state index contributed by atoms with van der Waals surface area (Å²) in [4.78, 5) is 7.67. The Kier molecular flexibility index (Phi) is 1.88. The summed E-state index contributed by atoms with van der Waals surface area (Å²) >= 11 is 0. The monoisotopic (exact) mass is 210 g/mol. The first-order chi connectivity index (χ1) is 7.37. The molecule has 1 saturated heterocycles. The molecule has 1 spiro atoms. The van der Waals surface area contributed by atoms with Crippen LogP contribution in [0.4, 0.5) is 0 Å². The standard InChI is InChI=1S/C10H14N2O3/c13-6-3-9-11-15-10-4-1-2-8(10)14-7-5-12(9)10/h3,6,8,13H,1-2,4-5,7H2/b6-3+. The molecule has 1 saturated carbocycles. The molecule has 82 valence electrons. The molecule has 0 bridgehead atoms. The third-order valence-electron chi connectivity index (χ3n) is 3.39. The van der Waals surface area contributed by atoms with Crippen molar-refractivity contribution < 1.29 is 14.7 Å². The van der Waals surface area contributed by atoms with Gasteiger partial charge in [-0.3, -0.25) is 0 Å². The van der Waals surface area contributed by atoms with E-state index < -0.39 is 0 Å². The first-order valence-electron chi connectivity index (χ1n) is 5.33. The molecule has 2 aliphatic heterocycles. The summed E-state index contributed by atoms with van der Waals surface area (Å²) in [7, 11) is 0. The SMILES string of the molecule is O/C=C/C1=NOC23CCCC2OCCN13. The maximum Gasteiger partial charge on any atom is 0.237 e. The zero-order valence-electron chi connectivity index (χ0n) is 8.43. The summed E-state index contributed by atoms with van der Waals surface area (Å²) in [6.45, 7) is 1.48. The molecule has 5 nitrogen and oxygen atoms in total. The summed E-state index contributed by atoms with van der Waals surface area (Å²) in [5.41, 5.74) is -0.382. The van der Waals surface area contributed by atoms with E-state index in [1.807, 2.05) is 0 Å². The molecule has 15 heavy (non-hydrogen) atoms. The number of amidine groups is 1. The van der Waals surface area contributed by atoms with Gasteiger partial charge in [-0.2, -0.15) is 0 Å². The Hall–Kier alpha value is -1.23. The average molecular weight is 210 g/mol. The van der Waals surface area contributed by atoms with E-state index in [2.05, 4.69) is 10.1 Å². The van der Waals surface area contributed by atoms with Crippen LogP contribution in [0.1, 0.15) is 19.3 Å². The van der Waals surface area contributed by atoms with Crippen molar-refractivity contribution in [1.29, 1.82) is 0 Å². The molecule has 3 rings (SSSR count). The minimum absolute atomic E-state index is 0.125. The van der Waals surface area contributed by atoms with Gasteiger partial charge in [0.2, 0.25) is 5.72 Å². The molecule has 2 fully saturated rings. The molecular formula is C10H14N2O3. The van der Waals surface area contributed by atoms with E-state index in [1.54, 1.807) is 6.08 Å². The number of ether oxygens (including phenoxy) is 1. The van der Waals surface area contributed by atoms with Gasteiger partial charge < -0.3 is 19.6 Å². The van der Waals surface area contributed by atoms with Gasteiger partial charge in [0.15, 0.2) is 5.84 Å². The van der Waals surface area contributed by atoms with Gasteiger partial charge in [0.05, 0.1) is 12.9 Å². The number of aliphatic hydroxyl groups excluding tert-OH is 1. The van der Waals surface area contributed by atoms with Crippen LogP contribution in [0.3, 0.4) is 0 Å². The van der Waals surface area contributed by atoms with E-state index in [-0.39, 0.29) is 11.8 Å². The number of aliphatic hydroxyl groups is 1. The van der Waals surface area contributed by atoms with E-state index >= 15 is 0 Å². The number of hydrogen-bond acceptors (Lipinski definition) is 5. The Morgan fingerprint density at radius 1 is 1.60 bits per heavy atom. The molecule has 2 atom stereocenters. The van der Waals surface area contributed by atoms with Crippen LogP contribution in [0.15, 0.2) is 17.5 Å². The zero-order valence-corrected chi connectivity index (χ0v) is 8.43. The number of nitrogens with zero attached hydrogens (tertiary/aromatic N) is 2. The predicted octanol–water partition coefficient (Wildman–Crippen LogP) is 0.983. The Morgan fingerprint density at radius 3 is 3.40 bits per heavy atom. The Morgan fingerprint density at radius 2 is 2.53 bits per heavy atom. The summed E-state index contributed by atoms with van der Waals surface area (Å²) < 4.78 is 5.71. The highest BCUT2D eigenvalue weighted by molar-refractivity contribution is 5.93. The van der Waals surface area contributed by atoms with Gasteiger partial charge in [-0.05, 0) is 12.8 Å². The lowest BCUT2D eigenvalue weighted by atomic mass is 10.1. The second-order valence-corrected chi connectivity index (χ2v) is 4.10. The maximum atomic E-state index is 8.78. The van der Waals surface area contributed by atoms with Gasteiger partial charge in [-0.25, -0.2) is 0 Å². The molecule has 0 radical (unpaired) electrons. The molecule has 2 unspecified atom stereocenters. The smallest absolute Gasteiger partial charge is 0.237 e. The van der Waals surface area contributed by atoms with E-state index in [0.29, 0.717) is 12.4 Å². The zero-order chi connectivity index (χ0) is 10.3. The second kappa shape index (κ2) is 3.13. The molecule has 0 aromatic carbocycles. The lowest BCUT2D eigenvalue weighted by Crippen LogP contribution is -2.58. The van der Waals surface area contributed by atoms with Gasteiger partial charge in [-0.1, -0.05) is 5.16 Å². The molecule has 1 aliphatic carbocycles. The third kappa shape index (κ3) is 1.10. The van der Waals surface area contributed by atoms with E-state index in [9.17, 15) is 0 Å². The van der Waals surface area contributed by atoms with Crippen molar-refractivity contribution in [3.05, 3.63) is 12.3 Å². The Balaban J connectivity index is 1.92. The lowest BCUT2D eigenvalue weighted by molar-refractivity contribution is -0.202. The van der Waals surface area contributed by atoms with Gasteiger partial charge in [0.25, 0.3) is 0 Å². The summed E-state index contributed by atoms with van der Waals surface area (Å²) in [6.07, 6.45) is 5.77. The van der Waals surface area contributed by atoms with Crippen LogP contribution in [0.2, 0.25) is 0 Å².